The van der Waals surface area contributed by atoms with Gasteiger partial charge in [0.1, 0.15) is 4.33 Å². The molecule has 0 saturated heterocycles. The van der Waals surface area contributed by atoms with Gasteiger partial charge in [0, 0.05) is 10.4 Å². The minimum Gasteiger partial charge on any atom is -0.388 e. The summed E-state index contributed by atoms with van der Waals surface area (Å²) in [5, 5.41) is 10.8. The maximum absolute atomic E-state index is 10.1. The summed E-state index contributed by atoms with van der Waals surface area (Å²) in [6.45, 7) is 1.88. The highest BCUT2D eigenvalue weighted by Gasteiger charge is 2.66. The number of benzene rings is 1. The summed E-state index contributed by atoms with van der Waals surface area (Å²) < 4.78 is -0.813. The highest BCUT2D eigenvalue weighted by molar-refractivity contribution is 6.51. The van der Waals surface area contributed by atoms with E-state index in [-0.39, 0.29) is 0 Å². The van der Waals surface area contributed by atoms with Crippen LogP contribution in [0.15, 0.2) is 24.3 Å². The fourth-order valence-corrected chi connectivity index (χ4v) is 2.61. The zero-order chi connectivity index (χ0) is 11.3. The Kier molecular flexibility index (Phi) is 2.71. The van der Waals surface area contributed by atoms with Crippen molar-refractivity contribution >= 4 is 34.8 Å². The van der Waals surface area contributed by atoms with Gasteiger partial charge in [0.25, 0.3) is 0 Å². The normalized spacial score (nSPS) is 29.9. The van der Waals surface area contributed by atoms with Crippen molar-refractivity contribution in [2.75, 3.05) is 0 Å². The van der Waals surface area contributed by atoms with Crippen molar-refractivity contribution in [1.82, 2.24) is 0 Å². The predicted octanol–water partition coefficient (Wildman–Crippen LogP) is 3.96. The second-order valence-corrected chi connectivity index (χ2v) is 6.17. The molecule has 15 heavy (non-hydrogen) atoms. The first kappa shape index (κ1) is 11.5. The quantitative estimate of drug-likeness (QED) is 0.803. The number of alkyl halides is 2. The summed E-state index contributed by atoms with van der Waals surface area (Å²) in [4.78, 5) is 0. The lowest BCUT2D eigenvalue weighted by molar-refractivity contribution is 0.102. The molecular weight excluding hydrogens is 254 g/mol. The second kappa shape index (κ2) is 3.53. The molecule has 1 N–H and O–H groups in total. The van der Waals surface area contributed by atoms with Crippen molar-refractivity contribution < 1.29 is 5.11 Å². The maximum Gasteiger partial charge on any atom is 0.127 e. The molecule has 0 aliphatic heterocycles. The van der Waals surface area contributed by atoms with Gasteiger partial charge in [-0.3, -0.25) is 0 Å². The van der Waals surface area contributed by atoms with Gasteiger partial charge in [0.2, 0.25) is 0 Å². The average molecular weight is 266 g/mol. The molecule has 0 unspecified atom stereocenters. The third kappa shape index (κ3) is 1.87. The lowest BCUT2D eigenvalue weighted by Gasteiger charge is -2.20. The van der Waals surface area contributed by atoms with E-state index in [0.717, 1.165) is 5.56 Å². The van der Waals surface area contributed by atoms with Crippen LogP contribution in [0, 0.1) is 5.41 Å². The number of hydrogen-bond donors (Lipinski definition) is 1. The number of aliphatic hydroxyl groups excluding tert-OH is 1. The summed E-state index contributed by atoms with van der Waals surface area (Å²) in [5.74, 6) is 0. The topological polar surface area (TPSA) is 20.2 Å². The van der Waals surface area contributed by atoms with Crippen LogP contribution in [0.1, 0.15) is 25.0 Å². The largest absolute Gasteiger partial charge is 0.388 e. The Morgan fingerprint density at radius 3 is 2.13 bits per heavy atom. The Balaban J connectivity index is 2.23. The summed E-state index contributed by atoms with van der Waals surface area (Å²) >= 11 is 17.8. The van der Waals surface area contributed by atoms with E-state index < -0.39 is 15.9 Å². The van der Waals surface area contributed by atoms with Crippen molar-refractivity contribution in [3.63, 3.8) is 0 Å². The van der Waals surface area contributed by atoms with Crippen molar-refractivity contribution in [3.8, 4) is 0 Å². The van der Waals surface area contributed by atoms with Gasteiger partial charge in [0.05, 0.1) is 6.10 Å². The Hall–Kier alpha value is 0.0500. The smallest absolute Gasteiger partial charge is 0.127 e. The highest BCUT2D eigenvalue weighted by Crippen LogP contribution is 2.69. The van der Waals surface area contributed by atoms with Crippen LogP contribution >= 0.6 is 34.8 Å². The molecule has 0 radical (unpaired) electrons. The molecule has 1 aromatic carbocycles. The molecule has 4 heteroatoms. The molecular formula is C11H11Cl3O. The molecule has 1 nitrogen and oxygen atoms in total. The molecule has 0 spiro atoms. The Bertz CT molecular complexity index is 374. The summed E-state index contributed by atoms with van der Waals surface area (Å²) in [6.07, 6.45) is -0.0443. The predicted molar refractivity (Wildman–Crippen MR) is 63.6 cm³/mol. The number of hydrogen-bond acceptors (Lipinski definition) is 1. The van der Waals surface area contributed by atoms with Crippen LogP contribution in [0.3, 0.4) is 0 Å². The zero-order valence-electron chi connectivity index (χ0n) is 8.17. The number of aliphatic hydroxyl groups is 1. The van der Waals surface area contributed by atoms with E-state index in [2.05, 4.69) is 0 Å². The first-order chi connectivity index (χ1) is 6.87. The molecule has 1 aromatic rings. The van der Waals surface area contributed by atoms with Gasteiger partial charge in [-0.1, -0.05) is 30.7 Å². The molecule has 1 fully saturated rings. The van der Waals surface area contributed by atoms with Crippen LogP contribution in [0.2, 0.25) is 5.02 Å². The fraction of sp³-hybridized carbons (Fsp3) is 0.455. The van der Waals surface area contributed by atoms with Gasteiger partial charge < -0.3 is 5.11 Å². The van der Waals surface area contributed by atoms with E-state index >= 15 is 0 Å². The molecule has 1 aliphatic rings. The molecule has 82 valence electrons. The van der Waals surface area contributed by atoms with Gasteiger partial charge in [-0.2, -0.15) is 0 Å². The zero-order valence-corrected chi connectivity index (χ0v) is 10.4. The average Bonchev–Trinajstić information content (AvgIpc) is 2.67. The van der Waals surface area contributed by atoms with E-state index in [4.69, 9.17) is 34.8 Å². The van der Waals surface area contributed by atoms with Gasteiger partial charge in [-0.05, 0) is 24.1 Å². The monoisotopic (exact) mass is 264 g/mol. The molecule has 0 bridgehead atoms. The van der Waals surface area contributed by atoms with Gasteiger partial charge in [-0.15, -0.1) is 23.2 Å². The van der Waals surface area contributed by atoms with E-state index in [0.29, 0.717) is 11.4 Å². The molecule has 0 heterocycles. The lowest BCUT2D eigenvalue weighted by Crippen LogP contribution is -2.16. The van der Waals surface area contributed by atoms with Crippen molar-refractivity contribution in [2.24, 2.45) is 5.41 Å². The van der Waals surface area contributed by atoms with Crippen LogP contribution < -0.4 is 0 Å². The summed E-state index contributed by atoms with van der Waals surface area (Å²) in [6, 6.07) is 7.08. The van der Waals surface area contributed by atoms with Gasteiger partial charge in [0.15, 0.2) is 0 Å². The summed E-state index contributed by atoms with van der Waals surface area (Å²) in [5.41, 5.74) is 0.342. The van der Waals surface area contributed by atoms with Crippen LogP contribution in [-0.2, 0) is 0 Å². The van der Waals surface area contributed by atoms with Crippen LogP contribution in [0.5, 0.6) is 0 Å². The first-order valence-electron chi connectivity index (χ1n) is 4.68. The van der Waals surface area contributed by atoms with Crippen molar-refractivity contribution in [3.05, 3.63) is 34.9 Å². The second-order valence-electron chi connectivity index (χ2n) is 4.25. The van der Waals surface area contributed by atoms with Crippen molar-refractivity contribution in [2.45, 2.75) is 23.8 Å². The minimum atomic E-state index is -0.813. The standard InChI is InChI=1S/C11H11Cl3O/c1-10(6-11(10,13)14)9(15)7-2-4-8(12)5-3-7/h2-5,9,15H,6H2,1H3/t9-,10-/m0/s1. The minimum absolute atomic E-state index is 0.454. The number of halogens is 3. The SMILES string of the molecule is C[C@@]1([C@@H](O)c2ccc(Cl)cc2)CC1(Cl)Cl. The van der Waals surface area contributed by atoms with Crippen LogP contribution in [0.25, 0.3) is 0 Å². The lowest BCUT2D eigenvalue weighted by atomic mass is 9.95. The Morgan fingerprint density at radius 2 is 1.73 bits per heavy atom. The molecule has 2 atom stereocenters. The van der Waals surface area contributed by atoms with E-state index in [1.165, 1.54) is 0 Å². The number of rotatable bonds is 2. The molecule has 1 aliphatic carbocycles. The van der Waals surface area contributed by atoms with Gasteiger partial charge >= 0.3 is 0 Å². The molecule has 2 rings (SSSR count). The maximum atomic E-state index is 10.1. The first-order valence-corrected chi connectivity index (χ1v) is 5.81. The van der Waals surface area contributed by atoms with Crippen molar-refractivity contribution in [1.29, 1.82) is 0 Å². The molecule has 1 saturated carbocycles. The summed E-state index contributed by atoms with van der Waals surface area (Å²) in [7, 11) is 0. The van der Waals surface area contributed by atoms with Crippen LogP contribution in [0.4, 0.5) is 0 Å². The third-order valence-corrected chi connectivity index (χ3v) is 4.47. The molecule has 0 amide bonds. The molecule has 0 aromatic heterocycles. The van der Waals surface area contributed by atoms with E-state index in [1.54, 1.807) is 24.3 Å². The highest BCUT2D eigenvalue weighted by atomic mass is 35.5. The van der Waals surface area contributed by atoms with E-state index in [9.17, 15) is 5.11 Å². The third-order valence-electron chi connectivity index (χ3n) is 3.09. The van der Waals surface area contributed by atoms with E-state index in [1.807, 2.05) is 6.92 Å². The fourth-order valence-electron chi connectivity index (χ4n) is 1.73. The Labute approximate surface area is 104 Å². The van der Waals surface area contributed by atoms with Crippen LogP contribution in [-0.4, -0.2) is 9.44 Å². The Morgan fingerprint density at radius 1 is 1.27 bits per heavy atom. The van der Waals surface area contributed by atoms with Gasteiger partial charge in [-0.25, -0.2) is 0 Å².